The molecule has 0 aliphatic carbocycles. The van der Waals surface area contributed by atoms with Gasteiger partial charge >= 0.3 is 0 Å². The first-order chi connectivity index (χ1) is 14.8. The first-order valence-corrected chi connectivity index (χ1v) is 11.7. The SMILES string of the molecule is CCN(CC)S(=O)(=O)c1cccc(-c2nnc(SCc3cc([N+](=O)[O-])ccc3O)o2)c1. The summed E-state index contributed by atoms with van der Waals surface area (Å²) >= 11 is 1.10. The molecule has 0 atom stereocenters. The number of phenolic OH excluding ortho intramolecular Hbond substituents is 1. The second-order valence-corrected chi connectivity index (χ2v) is 9.21. The Morgan fingerprint density at radius 1 is 1.16 bits per heavy atom. The molecule has 0 unspecified atom stereocenters. The number of nitro benzene ring substituents is 1. The number of aromatic nitrogens is 2. The minimum atomic E-state index is -3.63. The molecule has 1 heterocycles. The molecule has 0 bridgehead atoms. The molecule has 2 aromatic carbocycles. The molecule has 0 saturated heterocycles. The Labute approximate surface area is 183 Å². The monoisotopic (exact) mass is 464 g/mol. The second-order valence-electron chi connectivity index (χ2n) is 6.35. The lowest BCUT2D eigenvalue weighted by molar-refractivity contribution is -0.384. The number of hydrogen-bond donors (Lipinski definition) is 1. The Morgan fingerprint density at radius 3 is 2.58 bits per heavy atom. The van der Waals surface area contributed by atoms with Gasteiger partial charge < -0.3 is 9.52 Å². The molecule has 0 saturated carbocycles. The van der Waals surface area contributed by atoms with Gasteiger partial charge in [-0.15, -0.1) is 10.2 Å². The number of nitrogens with zero attached hydrogens (tertiary/aromatic N) is 4. The minimum absolute atomic E-state index is 0.0767. The lowest BCUT2D eigenvalue weighted by atomic mass is 10.2. The van der Waals surface area contributed by atoms with E-state index in [2.05, 4.69) is 10.2 Å². The lowest BCUT2D eigenvalue weighted by Gasteiger charge is -2.18. The molecule has 1 aromatic heterocycles. The van der Waals surface area contributed by atoms with E-state index in [4.69, 9.17) is 4.42 Å². The highest BCUT2D eigenvalue weighted by Crippen LogP contribution is 2.31. The Bertz CT molecular complexity index is 1190. The van der Waals surface area contributed by atoms with Crippen LogP contribution < -0.4 is 0 Å². The number of rotatable bonds is 9. The molecule has 164 valence electrons. The van der Waals surface area contributed by atoms with Crippen LogP contribution >= 0.6 is 11.8 Å². The number of thioether (sulfide) groups is 1. The maximum atomic E-state index is 12.7. The van der Waals surface area contributed by atoms with Crippen LogP contribution in [0.25, 0.3) is 11.5 Å². The molecule has 12 heteroatoms. The van der Waals surface area contributed by atoms with Crippen molar-refractivity contribution < 1.29 is 22.9 Å². The first-order valence-electron chi connectivity index (χ1n) is 9.29. The van der Waals surface area contributed by atoms with E-state index in [-0.39, 0.29) is 33.2 Å². The molecule has 0 amide bonds. The van der Waals surface area contributed by atoms with Gasteiger partial charge in [0.05, 0.1) is 9.82 Å². The molecule has 0 fully saturated rings. The van der Waals surface area contributed by atoms with Crippen molar-refractivity contribution in [2.75, 3.05) is 13.1 Å². The topological polar surface area (TPSA) is 140 Å². The Kier molecular flexibility index (Phi) is 6.93. The summed E-state index contributed by atoms with van der Waals surface area (Å²) in [5.74, 6) is 0.237. The fourth-order valence-electron chi connectivity index (χ4n) is 2.83. The molecule has 0 aliphatic rings. The summed E-state index contributed by atoms with van der Waals surface area (Å²) in [5, 5.41) is 28.9. The number of sulfonamides is 1. The van der Waals surface area contributed by atoms with Gasteiger partial charge in [-0.05, 0) is 24.3 Å². The van der Waals surface area contributed by atoms with E-state index in [0.717, 1.165) is 11.8 Å². The van der Waals surface area contributed by atoms with Crippen LogP contribution in [0.15, 0.2) is 57.0 Å². The molecule has 1 N–H and O–H groups in total. The van der Waals surface area contributed by atoms with Gasteiger partial charge in [0.15, 0.2) is 0 Å². The zero-order valence-electron chi connectivity index (χ0n) is 16.8. The normalized spacial score (nSPS) is 11.7. The highest BCUT2D eigenvalue weighted by Gasteiger charge is 2.22. The van der Waals surface area contributed by atoms with Crippen molar-refractivity contribution in [2.24, 2.45) is 0 Å². The highest BCUT2D eigenvalue weighted by atomic mass is 32.2. The third-order valence-electron chi connectivity index (χ3n) is 4.46. The number of nitro groups is 1. The molecule has 0 aliphatic heterocycles. The summed E-state index contributed by atoms with van der Waals surface area (Å²) in [6, 6.07) is 10.00. The summed E-state index contributed by atoms with van der Waals surface area (Å²) in [6.07, 6.45) is 0. The summed E-state index contributed by atoms with van der Waals surface area (Å²) in [6.45, 7) is 4.25. The average Bonchev–Trinajstić information content (AvgIpc) is 3.23. The van der Waals surface area contributed by atoms with Crippen LogP contribution in [-0.4, -0.2) is 46.0 Å². The quantitative estimate of drug-likeness (QED) is 0.285. The van der Waals surface area contributed by atoms with Gasteiger partial charge in [0.25, 0.3) is 10.9 Å². The van der Waals surface area contributed by atoms with Crippen molar-refractivity contribution in [3.8, 4) is 17.2 Å². The fourth-order valence-corrected chi connectivity index (χ4v) is 5.08. The lowest BCUT2D eigenvalue weighted by Crippen LogP contribution is -2.30. The molecule has 0 radical (unpaired) electrons. The van der Waals surface area contributed by atoms with Gasteiger partial charge in [0.1, 0.15) is 5.75 Å². The van der Waals surface area contributed by atoms with E-state index in [9.17, 15) is 23.6 Å². The summed E-state index contributed by atoms with van der Waals surface area (Å²) in [5.41, 5.74) is 0.669. The van der Waals surface area contributed by atoms with E-state index < -0.39 is 14.9 Å². The van der Waals surface area contributed by atoms with Gasteiger partial charge in [0.2, 0.25) is 15.9 Å². The average molecular weight is 465 g/mol. The van der Waals surface area contributed by atoms with Crippen molar-refractivity contribution in [3.63, 3.8) is 0 Å². The summed E-state index contributed by atoms with van der Waals surface area (Å²) in [7, 11) is -3.63. The third-order valence-corrected chi connectivity index (χ3v) is 7.37. The van der Waals surface area contributed by atoms with Gasteiger partial charge in [-0.3, -0.25) is 10.1 Å². The Balaban J connectivity index is 1.79. The predicted molar refractivity (Wildman–Crippen MR) is 114 cm³/mol. The second kappa shape index (κ2) is 9.45. The van der Waals surface area contributed by atoms with Gasteiger partial charge in [-0.1, -0.05) is 31.7 Å². The van der Waals surface area contributed by atoms with Gasteiger partial charge in [0, 0.05) is 42.1 Å². The van der Waals surface area contributed by atoms with Crippen molar-refractivity contribution >= 4 is 27.5 Å². The smallest absolute Gasteiger partial charge is 0.277 e. The summed E-state index contributed by atoms with van der Waals surface area (Å²) in [4.78, 5) is 10.5. The van der Waals surface area contributed by atoms with Crippen molar-refractivity contribution in [1.29, 1.82) is 0 Å². The van der Waals surface area contributed by atoms with Crippen molar-refractivity contribution in [1.82, 2.24) is 14.5 Å². The van der Waals surface area contributed by atoms with Crippen LogP contribution in [0.5, 0.6) is 5.75 Å². The van der Waals surface area contributed by atoms with Crippen molar-refractivity contribution in [2.45, 2.75) is 29.7 Å². The number of aromatic hydroxyl groups is 1. The predicted octanol–water partition coefficient (Wildman–Crippen LogP) is 3.67. The number of hydrogen-bond acceptors (Lipinski definition) is 9. The summed E-state index contributed by atoms with van der Waals surface area (Å²) < 4.78 is 32.4. The molecule has 10 nitrogen and oxygen atoms in total. The van der Waals surface area contributed by atoms with Crippen LogP contribution in [-0.2, 0) is 15.8 Å². The van der Waals surface area contributed by atoms with Crippen LogP contribution in [0.4, 0.5) is 5.69 Å². The van der Waals surface area contributed by atoms with Gasteiger partial charge in [-0.25, -0.2) is 8.42 Å². The van der Waals surface area contributed by atoms with Crippen LogP contribution in [0.2, 0.25) is 0 Å². The first kappa shape index (κ1) is 22.7. The van der Waals surface area contributed by atoms with E-state index in [1.54, 1.807) is 26.0 Å². The van der Waals surface area contributed by atoms with E-state index >= 15 is 0 Å². The highest BCUT2D eigenvalue weighted by molar-refractivity contribution is 7.98. The van der Waals surface area contributed by atoms with Gasteiger partial charge in [-0.2, -0.15) is 4.31 Å². The standard InChI is InChI=1S/C19H20N4O6S2/c1-3-22(4-2)31(27,28)16-7-5-6-13(11-16)18-20-21-19(29-18)30-12-14-10-15(23(25)26)8-9-17(14)24/h5-11,24H,3-4,12H2,1-2H3. The maximum absolute atomic E-state index is 12.7. The molecular weight excluding hydrogens is 444 g/mol. The Hall–Kier alpha value is -2.96. The number of benzene rings is 2. The van der Waals surface area contributed by atoms with Crippen molar-refractivity contribution in [3.05, 3.63) is 58.1 Å². The largest absolute Gasteiger partial charge is 0.508 e. The fraction of sp³-hybridized carbons (Fsp3) is 0.263. The molecule has 0 spiro atoms. The van der Waals surface area contributed by atoms with Crippen LogP contribution in [0.1, 0.15) is 19.4 Å². The van der Waals surface area contributed by atoms with E-state index in [1.807, 2.05) is 0 Å². The zero-order chi connectivity index (χ0) is 22.6. The molecular formula is C19H20N4O6S2. The number of non-ortho nitro benzene ring substituents is 1. The Morgan fingerprint density at radius 2 is 1.90 bits per heavy atom. The van der Waals surface area contributed by atoms with E-state index in [1.165, 1.54) is 34.6 Å². The number of phenols is 1. The maximum Gasteiger partial charge on any atom is 0.277 e. The third kappa shape index (κ3) is 5.03. The minimum Gasteiger partial charge on any atom is -0.508 e. The molecule has 3 aromatic rings. The van der Waals surface area contributed by atoms with E-state index in [0.29, 0.717) is 24.2 Å². The zero-order valence-corrected chi connectivity index (χ0v) is 18.4. The van der Waals surface area contributed by atoms with Crippen LogP contribution in [0, 0.1) is 10.1 Å². The molecule has 31 heavy (non-hydrogen) atoms. The van der Waals surface area contributed by atoms with Crippen LogP contribution in [0.3, 0.4) is 0 Å². The molecule has 3 rings (SSSR count).